The van der Waals surface area contributed by atoms with Gasteiger partial charge in [-0.15, -0.1) is 0 Å². The average Bonchev–Trinajstić information content (AvgIpc) is 3.56. The highest BCUT2D eigenvalue weighted by molar-refractivity contribution is 8.76. The molecule has 0 saturated heterocycles. The zero-order valence-electron chi connectivity index (χ0n) is 27.9. The van der Waals surface area contributed by atoms with Gasteiger partial charge in [0, 0.05) is 32.3 Å². The summed E-state index contributed by atoms with van der Waals surface area (Å²) in [4.78, 5) is 26.8. The molecule has 246 valence electrons. The zero-order chi connectivity index (χ0) is 33.1. The second-order valence-electron chi connectivity index (χ2n) is 10.9. The first-order valence-corrected chi connectivity index (χ1v) is 18.5. The summed E-state index contributed by atoms with van der Waals surface area (Å²) in [6.45, 7) is 14.1. The van der Waals surface area contributed by atoms with Crippen LogP contribution in [0.15, 0.2) is 58.3 Å². The molecule has 0 amide bonds. The molecule has 0 fully saturated rings. The van der Waals surface area contributed by atoms with Crippen LogP contribution in [0.25, 0.3) is 0 Å². The van der Waals surface area contributed by atoms with Gasteiger partial charge in [0.05, 0.1) is 50.5 Å². The summed E-state index contributed by atoms with van der Waals surface area (Å²) in [6, 6.07) is 17.2. The molecule has 0 N–H and O–H groups in total. The highest BCUT2D eigenvalue weighted by Gasteiger charge is 2.20. The Bertz CT molecular complexity index is 1470. The van der Waals surface area contributed by atoms with Crippen molar-refractivity contribution in [2.24, 2.45) is 0 Å². The topological polar surface area (TPSA) is 88.2 Å². The first-order valence-electron chi connectivity index (χ1n) is 16.3. The van der Waals surface area contributed by atoms with Gasteiger partial charge in [-0.3, -0.25) is 19.0 Å². The number of carbonyl (C=O) groups is 2. The van der Waals surface area contributed by atoms with E-state index in [2.05, 4.69) is 76.2 Å². The van der Waals surface area contributed by atoms with Crippen molar-refractivity contribution >= 4 is 33.5 Å². The fourth-order valence-corrected chi connectivity index (χ4v) is 7.59. The third-order valence-corrected chi connectivity index (χ3v) is 10.3. The molecule has 8 nitrogen and oxygen atoms in total. The Morgan fingerprint density at radius 2 is 0.957 bits per heavy atom. The summed E-state index contributed by atoms with van der Waals surface area (Å²) >= 11 is 0. The molecule has 46 heavy (non-hydrogen) atoms. The smallest absolute Gasteiger partial charge is 0.310 e. The van der Waals surface area contributed by atoms with E-state index in [1.165, 1.54) is 20.9 Å². The van der Waals surface area contributed by atoms with E-state index in [1.54, 1.807) is 21.6 Å². The number of hydrogen-bond donors (Lipinski definition) is 0. The Hall–Kier alpha value is -3.50. The Balaban J connectivity index is 1.36. The van der Waals surface area contributed by atoms with E-state index in [-0.39, 0.29) is 24.8 Å². The minimum atomic E-state index is -0.199. The van der Waals surface area contributed by atoms with E-state index in [0.717, 1.165) is 59.6 Å². The quantitative estimate of drug-likeness (QED) is 0.0852. The van der Waals surface area contributed by atoms with Crippen LogP contribution in [0, 0.1) is 0 Å². The molecule has 0 radical (unpaired) electrons. The third kappa shape index (κ3) is 9.06. The van der Waals surface area contributed by atoms with Gasteiger partial charge in [0.1, 0.15) is 0 Å². The number of ether oxygens (including phenoxy) is 2. The summed E-state index contributed by atoms with van der Waals surface area (Å²) in [7, 11) is 3.47. The fourth-order valence-electron chi connectivity index (χ4n) is 5.66. The molecule has 2 aromatic heterocycles. The number of benzene rings is 2. The van der Waals surface area contributed by atoms with Gasteiger partial charge in [-0.25, -0.2) is 0 Å². The first-order chi connectivity index (χ1) is 22.3. The van der Waals surface area contributed by atoms with Crippen molar-refractivity contribution in [2.75, 3.05) is 13.2 Å². The molecule has 0 bridgehead atoms. The van der Waals surface area contributed by atoms with Gasteiger partial charge in [0.25, 0.3) is 0 Å². The molecule has 4 rings (SSSR count). The molecule has 0 spiro atoms. The van der Waals surface area contributed by atoms with Crippen LogP contribution in [0.3, 0.4) is 0 Å². The largest absolute Gasteiger partial charge is 0.466 e. The van der Waals surface area contributed by atoms with Gasteiger partial charge in [-0.05, 0) is 74.9 Å². The fraction of sp³-hybridized carbons (Fsp3) is 0.444. The SMILES string of the molecule is CCOC(=O)Cc1c(CC)nn(Cc2ccc(SSc3ccc(Cn4nc(CC)c(CC(=O)OCC)c4CC)cc3)cc2)c1CC. The maximum Gasteiger partial charge on any atom is 0.310 e. The number of nitrogens with zero attached hydrogens (tertiary/aromatic N) is 4. The Morgan fingerprint density at radius 1 is 0.587 bits per heavy atom. The van der Waals surface area contributed by atoms with Crippen LogP contribution in [0.2, 0.25) is 0 Å². The maximum atomic E-state index is 12.2. The van der Waals surface area contributed by atoms with E-state index in [9.17, 15) is 9.59 Å². The predicted molar refractivity (Wildman–Crippen MR) is 185 cm³/mol. The maximum absolute atomic E-state index is 12.2. The van der Waals surface area contributed by atoms with Crippen LogP contribution in [0.4, 0.5) is 0 Å². The van der Waals surface area contributed by atoms with Crippen LogP contribution in [-0.2, 0) is 70.7 Å². The lowest BCUT2D eigenvalue weighted by Gasteiger charge is -2.10. The number of aryl methyl sites for hydroxylation is 2. The summed E-state index contributed by atoms with van der Waals surface area (Å²) in [5.41, 5.74) is 8.51. The molecular weight excluding hydrogens is 617 g/mol. The molecule has 0 unspecified atom stereocenters. The molecule has 2 aromatic carbocycles. The molecule has 2 heterocycles. The van der Waals surface area contributed by atoms with Crippen LogP contribution in [-0.4, -0.2) is 44.7 Å². The molecule has 0 aliphatic rings. The number of esters is 2. The summed E-state index contributed by atoms with van der Waals surface area (Å²) in [5.74, 6) is -0.397. The van der Waals surface area contributed by atoms with Crippen molar-refractivity contribution in [3.8, 4) is 0 Å². The van der Waals surface area contributed by atoms with E-state index in [0.29, 0.717) is 26.3 Å². The summed E-state index contributed by atoms with van der Waals surface area (Å²) in [5, 5.41) is 9.71. The van der Waals surface area contributed by atoms with Crippen LogP contribution in [0.5, 0.6) is 0 Å². The zero-order valence-corrected chi connectivity index (χ0v) is 29.6. The minimum absolute atomic E-state index is 0.199. The molecule has 0 aliphatic heterocycles. The van der Waals surface area contributed by atoms with Crippen LogP contribution in [0.1, 0.15) is 86.6 Å². The highest BCUT2D eigenvalue weighted by atomic mass is 33.1. The van der Waals surface area contributed by atoms with Crippen molar-refractivity contribution in [3.05, 3.63) is 93.6 Å². The molecule has 4 aromatic rings. The lowest BCUT2D eigenvalue weighted by molar-refractivity contribution is -0.143. The van der Waals surface area contributed by atoms with Crippen molar-refractivity contribution in [1.82, 2.24) is 19.6 Å². The molecule has 0 aliphatic carbocycles. The summed E-state index contributed by atoms with van der Waals surface area (Å²) in [6.07, 6.45) is 3.72. The number of hydrogen-bond acceptors (Lipinski definition) is 8. The standard InChI is InChI=1S/C36H46N4O4S2/c1-7-31-29(21-35(41)43-11-5)33(9-3)39(37-31)23-25-13-17-27(18-14-25)45-46-28-19-15-26(16-20-28)24-40-34(10-4)30(32(8-2)38-40)22-36(42)44-12-6/h13-20H,7-12,21-24H2,1-6H3. The van der Waals surface area contributed by atoms with E-state index < -0.39 is 0 Å². The molecule has 10 heteroatoms. The van der Waals surface area contributed by atoms with Gasteiger partial charge < -0.3 is 9.47 Å². The number of aromatic nitrogens is 4. The monoisotopic (exact) mass is 662 g/mol. The highest BCUT2D eigenvalue weighted by Crippen LogP contribution is 2.37. The van der Waals surface area contributed by atoms with Gasteiger partial charge in [-0.1, -0.05) is 73.5 Å². The predicted octanol–water partition coefficient (Wildman–Crippen LogP) is 7.44. The van der Waals surface area contributed by atoms with Gasteiger partial charge in [0.15, 0.2) is 0 Å². The number of rotatable bonds is 17. The lowest BCUT2D eigenvalue weighted by Crippen LogP contribution is -2.11. The molecular formula is C36H46N4O4S2. The summed E-state index contributed by atoms with van der Waals surface area (Å²) < 4.78 is 14.5. The van der Waals surface area contributed by atoms with Gasteiger partial charge in [-0.2, -0.15) is 10.2 Å². The second kappa shape index (κ2) is 17.4. The third-order valence-electron chi connectivity index (χ3n) is 7.84. The van der Waals surface area contributed by atoms with E-state index in [4.69, 9.17) is 19.7 Å². The minimum Gasteiger partial charge on any atom is -0.466 e. The van der Waals surface area contributed by atoms with Crippen LogP contribution < -0.4 is 0 Å². The average molecular weight is 663 g/mol. The number of carbonyl (C=O) groups excluding carboxylic acids is 2. The Labute approximate surface area is 281 Å². The van der Waals surface area contributed by atoms with E-state index >= 15 is 0 Å². The van der Waals surface area contributed by atoms with Gasteiger partial charge in [0.2, 0.25) is 0 Å². The Morgan fingerprint density at radius 3 is 1.26 bits per heavy atom. The van der Waals surface area contributed by atoms with Crippen molar-refractivity contribution in [1.29, 1.82) is 0 Å². The van der Waals surface area contributed by atoms with Gasteiger partial charge >= 0.3 is 11.9 Å². The van der Waals surface area contributed by atoms with E-state index in [1.807, 2.05) is 23.2 Å². The first kappa shape index (κ1) is 35.4. The second-order valence-corrected chi connectivity index (χ2v) is 13.2. The normalized spacial score (nSPS) is 11.2. The molecule has 0 saturated carbocycles. The lowest BCUT2D eigenvalue weighted by atomic mass is 10.1. The van der Waals surface area contributed by atoms with Crippen molar-refractivity contribution < 1.29 is 19.1 Å². The van der Waals surface area contributed by atoms with Crippen molar-refractivity contribution in [2.45, 2.75) is 103 Å². The van der Waals surface area contributed by atoms with Crippen LogP contribution >= 0.6 is 21.6 Å². The van der Waals surface area contributed by atoms with Crippen molar-refractivity contribution in [3.63, 3.8) is 0 Å². The Kier molecular flexibility index (Phi) is 13.4. The molecule has 0 atom stereocenters.